The molecule has 1 aromatic heterocycles. The van der Waals surface area contributed by atoms with Crippen LogP contribution < -0.4 is 14.9 Å². The number of hydrogen-bond donors (Lipinski definition) is 1. The molecule has 3 rings (SSSR count). The second kappa shape index (κ2) is 7.42. The molecule has 0 radical (unpaired) electrons. The highest BCUT2D eigenvalue weighted by atomic mass is 16.5. The van der Waals surface area contributed by atoms with Gasteiger partial charge in [-0.2, -0.15) is 5.10 Å². The minimum absolute atomic E-state index is 0.333. The smallest absolute Gasteiger partial charge is 0.271 e. The number of amides is 1. The molecule has 25 heavy (non-hydrogen) atoms. The zero-order valence-electron chi connectivity index (χ0n) is 14.6. The van der Waals surface area contributed by atoms with E-state index in [1.165, 1.54) is 19.7 Å². The third-order valence-corrected chi connectivity index (χ3v) is 4.21. The van der Waals surface area contributed by atoms with Crippen molar-refractivity contribution >= 4 is 12.1 Å². The van der Waals surface area contributed by atoms with Crippen LogP contribution >= 0.6 is 0 Å². The lowest BCUT2D eigenvalue weighted by Gasteiger charge is -2.10. The monoisotopic (exact) mass is 342 g/mol. The summed E-state index contributed by atoms with van der Waals surface area (Å²) in [6.45, 7) is 4.61. The highest BCUT2D eigenvalue weighted by molar-refractivity contribution is 5.95. The van der Waals surface area contributed by atoms with Crippen LogP contribution in [0.1, 0.15) is 48.1 Å². The number of nitrogens with zero attached hydrogens (tertiary/aromatic N) is 1. The molecule has 2 aromatic rings. The number of ether oxygens (including phenoxy) is 2. The van der Waals surface area contributed by atoms with Crippen LogP contribution in [-0.4, -0.2) is 25.8 Å². The van der Waals surface area contributed by atoms with Gasteiger partial charge in [-0.05, 0) is 49.6 Å². The van der Waals surface area contributed by atoms with Crippen molar-refractivity contribution in [3.63, 3.8) is 0 Å². The Kier molecular flexibility index (Phi) is 5.07. The lowest BCUT2D eigenvalue weighted by molar-refractivity contribution is 0.0954. The maximum Gasteiger partial charge on any atom is 0.271 e. The normalized spacial score (nSPS) is 19.0. The quantitative estimate of drug-likeness (QED) is 0.617. The Morgan fingerprint density at radius 2 is 2.16 bits per heavy atom. The molecule has 0 spiro atoms. The maximum atomic E-state index is 12.2. The van der Waals surface area contributed by atoms with Crippen LogP contribution in [-0.2, 0) is 0 Å². The molecule has 6 nitrogen and oxygen atoms in total. The van der Waals surface area contributed by atoms with Crippen molar-refractivity contribution in [1.29, 1.82) is 0 Å². The zero-order valence-corrected chi connectivity index (χ0v) is 14.6. The first-order chi connectivity index (χ1) is 12.1. The van der Waals surface area contributed by atoms with Crippen molar-refractivity contribution in [2.45, 2.75) is 26.2 Å². The summed E-state index contributed by atoms with van der Waals surface area (Å²) in [5, 5.41) is 3.95. The van der Waals surface area contributed by atoms with E-state index in [9.17, 15) is 4.79 Å². The molecule has 0 aliphatic heterocycles. The summed E-state index contributed by atoms with van der Waals surface area (Å²) in [6.07, 6.45) is 2.67. The summed E-state index contributed by atoms with van der Waals surface area (Å²) in [4.78, 5) is 12.2. The first kappa shape index (κ1) is 17.1. The van der Waals surface area contributed by atoms with Gasteiger partial charge in [-0.3, -0.25) is 4.79 Å². The van der Waals surface area contributed by atoms with E-state index in [0.717, 1.165) is 5.76 Å². The van der Waals surface area contributed by atoms with Gasteiger partial charge in [0, 0.05) is 11.5 Å². The van der Waals surface area contributed by atoms with Gasteiger partial charge in [0.1, 0.15) is 11.5 Å². The lowest BCUT2D eigenvalue weighted by atomic mass is 10.2. The molecule has 6 heteroatoms. The van der Waals surface area contributed by atoms with Crippen molar-refractivity contribution in [2.24, 2.45) is 11.0 Å². The van der Waals surface area contributed by atoms with Gasteiger partial charge in [0.05, 0.1) is 19.9 Å². The molecule has 1 aliphatic carbocycles. The number of furan rings is 1. The third-order valence-electron chi connectivity index (χ3n) is 4.21. The van der Waals surface area contributed by atoms with Crippen LogP contribution in [0.5, 0.6) is 11.5 Å². The van der Waals surface area contributed by atoms with E-state index < -0.39 is 0 Å². The largest absolute Gasteiger partial charge is 0.493 e. The number of methoxy groups -OCH3 is 1. The van der Waals surface area contributed by atoms with Crippen molar-refractivity contribution in [1.82, 2.24) is 5.43 Å². The van der Waals surface area contributed by atoms with Crippen molar-refractivity contribution in [3.8, 4) is 11.5 Å². The van der Waals surface area contributed by atoms with Crippen LogP contribution in [0, 0.1) is 5.92 Å². The van der Waals surface area contributed by atoms with Gasteiger partial charge >= 0.3 is 0 Å². The number of carbonyl (C=O) groups excluding carboxylic acids is 1. The molecule has 0 saturated heterocycles. The fraction of sp³-hybridized carbons (Fsp3) is 0.368. The fourth-order valence-corrected chi connectivity index (χ4v) is 2.66. The number of rotatable bonds is 7. The van der Waals surface area contributed by atoms with Gasteiger partial charge in [0.2, 0.25) is 0 Å². The van der Waals surface area contributed by atoms with Gasteiger partial charge in [0.15, 0.2) is 11.5 Å². The standard InChI is InChI=1S/C19H22N2O4/c1-4-24-17-7-5-13(10-18(17)23-3)19(22)21-20-11-14-6-8-16(25-14)15-9-12(15)2/h5-8,10-12,15H,4,9H2,1-3H3,(H,21,22)/b20-11-/t12-,15-/m0/s1. The molecular formula is C19H22N2O4. The molecule has 1 heterocycles. The Labute approximate surface area is 146 Å². The van der Waals surface area contributed by atoms with Gasteiger partial charge in [-0.1, -0.05) is 6.92 Å². The van der Waals surface area contributed by atoms with Gasteiger partial charge in [0.25, 0.3) is 5.91 Å². The van der Waals surface area contributed by atoms with Gasteiger partial charge in [-0.25, -0.2) is 5.43 Å². The van der Waals surface area contributed by atoms with E-state index in [1.54, 1.807) is 18.2 Å². The van der Waals surface area contributed by atoms with Gasteiger partial charge < -0.3 is 13.9 Å². The number of benzene rings is 1. The minimum atomic E-state index is -0.333. The van der Waals surface area contributed by atoms with E-state index >= 15 is 0 Å². The van der Waals surface area contributed by atoms with Crippen molar-refractivity contribution in [3.05, 3.63) is 47.4 Å². The molecule has 1 aliphatic rings. The first-order valence-electron chi connectivity index (χ1n) is 8.36. The van der Waals surface area contributed by atoms with E-state index in [2.05, 4.69) is 17.5 Å². The van der Waals surface area contributed by atoms with E-state index in [1.807, 2.05) is 19.1 Å². The Morgan fingerprint density at radius 1 is 1.36 bits per heavy atom. The summed E-state index contributed by atoms with van der Waals surface area (Å²) >= 11 is 0. The second-order valence-electron chi connectivity index (χ2n) is 6.06. The highest BCUT2D eigenvalue weighted by Crippen LogP contribution is 2.47. The minimum Gasteiger partial charge on any atom is -0.493 e. The Hall–Kier alpha value is -2.76. The molecule has 0 unspecified atom stereocenters. The van der Waals surface area contributed by atoms with Gasteiger partial charge in [-0.15, -0.1) is 0 Å². The summed E-state index contributed by atoms with van der Waals surface area (Å²) in [5.74, 6) is 3.59. The predicted octanol–water partition coefficient (Wildman–Crippen LogP) is 3.57. The number of hydrogen-bond acceptors (Lipinski definition) is 5. The third kappa shape index (κ3) is 4.02. The van der Waals surface area contributed by atoms with Crippen LogP contribution in [0.25, 0.3) is 0 Å². The molecule has 132 valence electrons. The Balaban J connectivity index is 1.61. The highest BCUT2D eigenvalue weighted by Gasteiger charge is 2.36. The SMILES string of the molecule is CCOc1ccc(C(=O)N/N=C\c2ccc([C@H]3C[C@@H]3C)o2)cc1OC. The summed E-state index contributed by atoms with van der Waals surface area (Å²) in [6, 6.07) is 8.81. The number of nitrogens with one attached hydrogen (secondary N) is 1. The topological polar surface area (TPSA) is 73.1 Å². The number of carbonyl (C=O) groups is 1. The van der Waals surface area contributed by atoms with Crippen molar-refractivity contribution < 1.29 is 18.7 Å². The van der Waals surface area contributed by atoms with Crippen LogP contribution in [0.3, 0.4) is 0 Å². The molecule has 0 bridgehead atoms. The fourth-order valence-electron chi connectivity index (χ4n) is 2.66. The molecule has 1 N–H and O–H groups in total. The van der Waals surface area contributed by atoms with E-state index in [4.69, 9.17) is 13.9 Å². The first-order valence-corrected chi connectivity index (χ1v) is 8.36. The Morgan fingerprint density at radius 3 is 2.84 bits per heavy atom. The average molecular weight is 342 g/mol. The van der Waals surface area contributed by atoms with Crippen LogP contribution in [0.2, 0.25) is 0 Å². The molecule has 2 atom stereocenters. The zero-order chi connectivity index (χ0) is 17.8. The summed E-state index contributed by atoms with van der Waals surface area (Å²) < 4.78 is 16.4. The molecular weight excluding hydrogens is 320 g/mol. The van der Waals surface area contributed by atoms with E-state index in [-0.39, 0.29) is 5.91 Å². The average Bonchev–Trinajstić information content (AvgIpc) is 3.16. The van der Waals surface area contributed by atoms with E-state index in [0.29, 0.717) is 41.3 Å². The lowest BCUT2D eigenvalue weighted by Crippen LogP contribution is -2.17. The maximum absolute atomic E-state index is 12.2. The van der Waals surface area contributed by atoms with Crippen LogP contribution in [0.15, 0.2) is 39.9 Å². The van der Waals surface area contributed by atoms with Crippen LogP contribution in [0.4, 0.5) is 0 Å². The summed E-state index contributed by atoms with van der Waals surface area (Å²) in [5.41, 5.74) is 2.92. The Bertz CT molecular complexity index is 781. The van der Waals surface area contributed by atoms with Crippen molar-refractivity contribution in [2.75, 3.05) is 13.7 Å². The number of hydrazone groups is 1. The molecule has 1 saturated carbocycles. The molecule has 1 amide bonds. The second-order valence-corrected chi connectivity index (χ2v) is 6.06. The molecule has 1 fully saturated rings. The summed E-state index contributed by atoms with van der Waals surface area (Å²) in [7, 11) is 1.53. The molecule has 1 aromatic carbocycles. The predicted molar refractivity (Wildman–Crippen MR) is 94.5 cm³/mol.